The van der Waals surface area contributed by atoms with Crippen molar-refractivity contribution in [1.82, 2.24) is 0 Å². The standard InChI is InChI=1S/C20H25N/c1-11-8-17-10-18-15(5)13(3)12(2)9-19(18)21(7)20(17)16(6)14(11)4/h8-9H,10H2,1-7H3. The van der Waals surface area contributed by atoms with Crippen LogP contribution in [-0.4, -0.2) is 7.05 Å². The Balaban J connectivity index is 2.30. The Morgan fingerprint density at radius 3 is 2.00 bits per heavy atom. The number of fused-ring (bicyclic) bond motifs is 2. The number of rotatable bonds is 0. The summed E-state index contributed by atoms with van der Waals surface area (Å²) in [5.74, 6) is 0. The summed E-state index contributed by atoms with van der Waals surface area (Å²) in [7, 11) is 2.22. The van der Waals surface area contributed by atoms with Gasteiger partial charge in [-0.15, -0.1) is 0 Å². The van der Waals surface area contributed by atoms with Crippen molar-refractivity contribution >= 4 is 11.4 Å². The Morgan fingerprint density at radius 1 is 0.762 bits per heavy atom. The van der Waals surface area contributed by atoms with E-state index in [2.05, 4.69) is 65.6 Å². The molecule has 0 saturated carbocycles. The molecule has 0 amide bonds. The van der Waals surface area contributed by atoms with E-state index in [0.717, 1.165) is 6.42 Å². The molecule has 21 heavy (non-hydrogen) atoms. The van der Waals surface area contributed by atoms with Crippen LogP contribution in [0.5, 0.6) is 0 Å². The van der Waals surface area contributed by atoms with E-state index in [4.69, 9.17) is 0 Å². The average molecular weight is 279 g/mol. The third kappa shape index (κ3) is 1.91. The Morgan fingerprint density at radius 2 is 1.33 bits per heavy atom. The van der Waals surface area contributed by atoms with Crippen molar-refractivity contribution in [2.24, 2.45) is 0 Å². The van der Waals surface area contributed by atoms with Crippen LogP contribution < -0.4 is 4.90 Å². The maximum Gasteiger partial charge on any atom is 0.0476 e. The summed E-state index contributed by atoms with van der Waals surface area (Å²) in [4.78, 5) is 2.40. The summed E-state index contributed by atoms with van der Waals surface area (Å²) in [6, 6.07) is 4.74. The van der Waals surface area contributed by atoms with Gasteiger partial charge in [-0.05, 0) is 92.1 Å². The number of hydrogen-bond acceptors (Lipinski definition) is 1. The fourth-order valence-electron chi connectivity index (χ4n) is 3.70. The van der Waals surface area contributed by atoms with Gasteiger partial charge in [0.05, 0.1) is 0 Å². The summed E-state index contributed by atoms with van der Waals surface area (Å²) >= 11 is 0. The lowest BCUT2D eigenvalue weighted by molar-refractivity contribution is 1.00. The van der Waals surface area contributed by atoms with E-state index in [1.807, 2.05) is 0 Å². The summed E-state index contributed by atoms with van der Waals surface area (Å²) < 4.78 is 0. The van der Waals surface area contributed by atoms with E-state index in [9.17, 15) is 0 Å². The van der Waals surface area contributed by atoms with Crippen molar-refractivity contribution in [2.45, 2.75) is 48.0 Å². The van der Waals surface area contributed by atoms with Gasteiger partial charge in [-0.25, -0.2) is 0 Å². The molecule has 0 unspecified atom stereocenters. The maximum atomic E-state index is 2.40. The molecular weight excluding hydrogens is 254 g/mol. The summed E-state index contributed by atoms with van der Waals surface area (Å²) in [5.41, 5.74) is 14.3. The van der Waals surface area contributed by atoms with Gasteiger partial charge in [-0.3, -0.25) is 0 Å². The number of hydrogen-bond donors (Lipinski definition) is 0. The molecule has 0 radical (unpaired) electrons. The molecule has 1 heterocycles. The minimum Gasteiger partial charge on any atom is -0.344 e. The zero-order chi connectivity index (χ0) is 15.5. The molecule has 1 heteroatoms. The summed E-state index contributed by atoms with van der Waals surface area (Å²) in [5, 5.41) is 0. The van der Waals surface area contributed by atoms with E-state index in [1.165, 1.54) is 55.9 Å². The fourth-order valence-corrected chi connectivity index (χ4v) is 3.70. The molecule has 110 valence electrons. The molecule has 0 atom stereocenters. The average Bonchev–Trinajstić information content (AvgIpc) is 2.44. The van der Waals surface area contributed by atoms with Gasteiger partial charge in [0.2, 0.25) is 0 Å². The highest BCUT2D eigenvalue weighted by molar-refractivity contribution is 5.79. The highest BCUT2D eigenvalue weighted by atomic mass is 15.1. The molecule has 0 fully saturated rings. The normalized spacial score (nSPS) is 13.2. The van der Waals surface area contributed by atoms with Crippen molar-refractivity contribution in [3.63, 3.8) is 0 Å². The number of aryl methyl sites for hydroxylation is 2. The molecule has 0 saturated heterocycles. The van der Waals surface area contributed by atoms with Crippen LogP contribution in [0, 0.1) is 41.5 Å². The second-order valence-electron chi connectivity index (χ2n) is 6.63. The van der Waals surface area contributed by atoms with Gasteiger partial charge < -0.3 is 4.90 Å². The summed E-state index contributed by atoms with van der Waals surface area (Å²) in [6.45, 7) is 13.5. The maximum absolute atomic E-state index is 2.40. The molecule has 1 aliphatic rings. The highest BCUT2D eigenvalue weighted by Crippen LogP contribution is 2.43. The first-order valence-electron chi connectivity index (χ1n) is 7.76. The predicted octanol–water partition coefficient (Wildman–Crippen LogP) is 5.21. The molecule has 3 rings (SSSR count). The van der Waals surface area contributed by atoms with Crippen LogP contribution >= 0.6 is 0 Å². The minimum absolute atomic E-state index is 1.06. The molecule has 0 aliphatic carbocycles. The smallest absolute Gasteiger partial charge is 0.0476 e. The Bertz CT molecular complexity index is 753. The second-order valence-corrected chi connectivity index (χ2v) is 6.63. The van der Waals surface area contributed by atoms with Crippen molar-refractivity contribution < 1.29 is 0 Å². The van der Waals surface area contributed by atoms with Gasteiger partial charge in [-0.2, -0.15) is 0 Å². The van der Waals surface area contributed by atoms with Crippen LogP contribution in [0.15, 0.2) is 12.1 Å². The molecular formula is C20H25N. The largest absolute Gasteiger partial charge is 0.344 e. The van der Waals surface area contributed by atoms with Gasteiger partial charge >= 0.3 is 0 Å². The second kappa shape index (κ2) is 4.62. The first-order valence-corrected chi connectivity index (χ1v) is 7.76. The van der Waals surface area contributed by atoms with Crippen LogP contribution in [0.3, 0.4) is 0 Å². The first kappa shape index (κ1) is 14.2. The molecule has 0 aromatic heterocycles. The van der Waals surface area contributed by atoms with E-state index in [1.54, 1.807) is 0 Å². The minimum atomic E-state index is 1.06. The number of anilines is 2. The lowest BCUT2D eigenvalue weighted by atomic mass is 9.85. The van der Waals surface area contributed by atoms with Crippen LogP contribution in [0.1, 0.15) is 44.5 Å². The Kier molecular flexibility index (Phi) is 3.12. The monoisotopic (exact) mass is 279 g/mol. The summed E-state index contributed by atoms with van der Waals surface area (Å²) in [6.07, 6.45) is 1.06. The molecule has 2 aromatic carbocycles. The fraction of sp³-hybridized carbons (Fsp3) is 0.400. The van der Waals surface area contributed by atoms with Crippen LogP contribution in [0.2, 0.25) is 0 Å². The topological polar surface area (TPSA) is 3.24 Å². The quantitative estimate of drug-likeness (QED) is 0.640. The van der Waals surface area contributed by atoms with Gasteiger partial charge in [-0.1, -0.05) is 6.07 Å². The van der Waals surface area contributed by atoms with Gasteiger partial charge in [0.15, 0.2) is 0 Å². The SMILES string of the molecule is Cc1cc2c(c(C)c1C)Cc1cc(C)c(C)c(C)c1N2C. The zero-order valence-corrected chi connectivity index (χ0v) is 14.3. The van der Waals surface area contributed by atoms with E-state index >= 15 is 0 Å². The van der Waals surface area contributed by atoms with Crippen LogP contribution in [0.4, 0.5) is 11.4 Å². The van der Waals surface area contributed by atoms with E-state index < -0.39 is 0 Å². The van der Waals surface area contributed by atoms with Gasteiger partial charge in [0.1, 0.15) is 0 Å². The number of benzene rings is 2. The molecule has 0 N–H and O–H groups in total. The van der Waals surface area contributed by atoms with Crippen molar-refractivity contribution in [1.29, 1.82) is 0 Å². The lowest BCUT2D eigenvalue weighted by Crippen LogP contribution is -2.22. The predicted molar refractivity (Wildman–Crippen MR) is 92.2 cm³/mol. The molecule has 0 bridgehead atoms. The Labute approximate surface area is 128 Å². The number of nitrogens with zero attached hydrogens (tertiary/aromatic N) is 1. The molecule has 1 aliphatic heterocycles. The van der Waals surface area contributed by atoms with Crippen molar-refractivity contribution in [3.05, 3.63) is 56.6 Å². The van der Waals surface area contributed by atoms with E-state index in [-0.39, 0.29) is 0 Å². The Hall–Kier alpha value is -1.76. The van der Waals surface area contributed by atoms with Gasteiger partial charge in [0.25, 0.3) is 0 Å². The van der Waals surface area contributed by atoms with Crippen LogP contribution in [0.25, 0.3) is 0 Å². The van der Waals surface area contributed by atoms with Gasteiger partial charge in [0, 0.05) is 24.8 Å². The molecule has 0 spiro atoms. The van der Waals surface area contributed by atoms with Crippen LogP contribution in [-0.2, 0) is 6.42 Å². The first-order chi connectivity index (χ1) is 9.82. The third-order valence-electron chi connectivity index (χ3n) is 5.54. The van der Waals surface area contributed by atoms with E-state index in [0.29, 0.717) is 0 Å². The molecule has 2 aromatic rings. The molecule has 1 nitrogen and oxygen atoms in total. The third-order valence-corrected chi connectivity index (χ3v) is 5.54. The van der Waals surface area contributed by atoms with Crippen molar-refractivity contribution in [3.8, 4) is 0 Å². The highest BCUT2D eigenvalue weighted by Gasteiger charge is 2.25. The zero-order valence-electron chi connectivity index (χ0n) is 14.3. The lowest BCUT2D eigenvalue weighted by Gasteiger charge is -2.34. The van der Waals surface area contributed by atoms with Crippen molar-refractivity contribution in [2.75, 3.05) is 11.9 Å².